The quantitative estimate of drug-likeness (QED) is 0.528. The number of rotatable bonds is 5. The molecule has 0 spiro atoms. The van der Waals surface area contributed by atoms with Crippen LogP contribution in [0, 0.1) is 0 Å². The summed E-state index contributed by atoms with van der Waals surface area (Å²) in [7, 11) is 1.86. The molecule has 1 amide bonds. The maximum atomic E-state index is 12.4. The minimum absolute atomic E-state index is 0.164. The summed E-state index contributed by atoms with van der Waals surface area (Å²) in [6.07, 6.45) is 5.36. The van der Waals surface area contributed by atoms with Crippen LogP contribution in [0.15, 0.2) is 60.4 Å². The fourth-order valence-electron chi connectivity index (χ4n) is 2.76. The molecule has 3 heterocycles. The Kier molecular flexibility index (Phi) is 5.18. The zero-order valence-corrected chi connectivity index (χ0v) is 16.5. The number of nitrogens with zero attached hydrogens (tertiary/aromatic N) is 4. The second-order valence-corrected chi connectivity index (χ2v) is 7.43. The van der Waals surface area contributed by atoms with Crippen LogP contribution >= 0.6 is 22.9 Å². The Labute approximate surface area is 170 Å². The number of carbonyl (C=O) groups excluding carboxylic acids is 1. The number of amides is 1. The number of halogens is 1. The van der Waals surface area contributed by atoms with Gasteiger partial charge in [-0.3, -0.25) is 15.1 Å². The number of nitrogens with one attached hydrogen (secondary N) is 1. The summed E-state index contributed by atoms with van der Waals surface area (Å²) in [5, 5.41) is 6.29. The summed E-state index contributed by atoms with van der Waals surface area (Å²) in [4.78, 5) is 25.3. The topological polar surface area (TPSA) is 72.7 Å². The van der Waals surface area contributed by atoms with E-state index >= 15 is 0 Å². The SMILES string of the molecule is Cn1c(-c2ccc(Cl)cc2)cnc1NC(=O)Cc1csc(-c2ccncc2)n1. The summed E-state index contributed by atoms with van der Waals surface area (Å²) in [6.45, 7) is 0. The minimum atomic E-state index is -0.164. The smallest absolute Gasteiger partial charge is 0.232 e. The lowest BCUT2D eigenvalue weighted by molar-refractivity contribution is -0.115. The van der Waals surface area contributed by atoms with E-state index in [4.69, 9.17) is 11.6 Å². The van der Waals surface area contributed by atoms with Crippen molar-refractivity contribution >= 4 is 34.8 Å². The molecule has 140 valence electrons. The standard InChI is InChI=1S/C20H16ClN5OS/c1-26-17(13-2-4-15(21)5-3-13)11-23-20(26)25-18(27)10-16-12-28-19(24-16)14-6-8-22-9-7-14/h2-9,11-12H,10H2,1H3,(H,23,25,27). The Morgan fingerprint density at radius 3 is 2.64 bits per heavy atom. The molecule has 1 N–H and O–H groups in total. The lowest BCUT2D eigenvalue weighted by Crippen LogP contribution is -2.17. The zero-order valence-electron chi connectivity index (χ0n) is 15.0. The van der Waals surface area contributed by atoms with Crippen molar-refractivity contribution < 1.29 is 4.79 Å². The first-order valence-corrected chi connectivity index (χ1v) is 9.78. The maximum Gasteiger partial charge on any atom is 0.232 e. The molecule has 4 aromatic rings. The van der Waals surface area contributed by atoms with Crippen molar-refractivity contribution in [1.29, 1.82) is 0 Å². The van der Waals surface area contributed by atoms with Crippen molar-refractivity contribution in [1.82, 2.24) is 19.5 Å². The molecule has 4 rings (SSSR count). The van der Waals surface area contributed by atoms with E-state index in [-0.39, 0.29) is 12.3 Å². The second kappa shape index (κ2) is 7.92. The van der Waals surface area contributed by atoms with Crippen molar-refractivity contribution in [2.45, 2.75) is 6.42 Å². The average molecular weight is 410 g/mol. The van der Waals surface area contributed by atoms with Crippen LogP contribution in [0.2, 0.25) is 5.02 Å². The summed E-state index contributed by atoms with van der Waals surface area (Å²) in [6, 6.07) is 11.3. The molecular weight excluding hydrogens is 394 g/mol. The number of carbonyl (C=O) groups is 1. The molecular formula is C20H16ClN5OS. The van der Waals surface area contributed by atoms with Crippen molar-refractivity contribution in [3.8, 4) is 21.8 Å². The summed E-state index contributed by atoms with van der Waals surface area (Å²) in [5.41, 5.74) is 3.58. The van der Waals surface area contributed by atoms with Crippen molar-refractivity contribution in [3.05, 3.63) is 71.1 Å². The third kappa shape index (κ3) is 3.95. The van der Waals surface area contributed by atoms with Crippen LogP contribution in [-0.4, -0.2) is 25.4 Å². The Hall–Kier alpha value is -3.03. The van der Waals surface area contributed by atoms with Gasteiger partial charge in [0.1, 0.15) is 5.01 Å². The Morgan fingerprint density at radius 1 is 1.14 bits per heavy atom. The molecule has 0 fully saturated rings. The van der Waals surface area contributed by atoms with Crippen molar-refractivity contribution in [2.75, 3.05) is 5.32 Å². The average Bonchev–Trinajstić information content (AvgIpc) is 3.31. The van der Waals surface area contributed by atoms with E-state index in [1.54, 1.807) is 18.6 Å². The van der Waals surface area contributed by atoms with Gasteiger partial charge in [-0.05, 0) is 29.8 Å². The lowest BCUT2D eigenvalue weighted by atomic mass is 10.2. The van der Waals surface area contributed by atoms with E-state index in [0.29, 0.717) is 11.0 Å². The van der Waals surface area contributed by atoms with Gasteiger partial charge >= 0.3 is 0 Å². The number of thiazole rings is 1. The van der Waals surface area contributed by atoms with E-state index < -0.39 is 0 Å². The van der Waals surface area contributed by atoms with Gasteiger partial charge in [-0.15, -0.1) is 11.3 Å². The molecule has 0 saturated heterocycles. The molecule has 28 heavy (non-hydrogen) atoms. The second-order valence-electron chi connectivity index (χ2n) is 6.14. The molecule has 6 nitrogen and oxygen atoms in total. The van der Waals surface area contributed by atoms with Gasteiger partial charge in [-0.2, -0.15) is 0 Å². The van der Waals surface area contributed by atoms with Crippen LogP contribution < -0.4 is 5.32 Å². The molecule has 0 radical (unpaired) electrons. The van der Waals surface area contributed by atoms with Crippen LogP contribution in [0.4, 0.5) is 5.95 Å². The van der Waals surface area contributed by atoms with Gasteiger partial charge in [-0.25, -0.2) is 9.97 Å². The Balaban J connectivity index is 1.45. The number of hydrogen-bond acceptors (Lipinski definition) is 5. The Bertz CT molecular complexity index is 1110. The first kappa shape index (κ1) is 18.3. The van der Waals surface area contributed by atoms with Crippen LogP contribution in [0.1, 0.15) is 5.69 Å². The van der Waals surface area contributed by atoms with Gasteiger partial charge in [0, 0.05) is 35.4 Å². The van der Waals surface area contributed by atoms with Crippen LogP contribution in [0.5, 0.6) is 0 Å². The minimum Gasteiger partial charge on any atom is -0.313 e. The van der Waals surface area contributed by atoms with E-state index in [1.165, 1.54) is 11.3 Å². The predicted octanol–water partition coefficient (Wildman–Crippen LogP) is 4.44. The molecule has 8 heteroatoms. The highest BCUT2D eigenvalue weighted by Gasteiger charge is 2.13. The normalized spacial score (nSPS) is 10.8. The molecule has 0 bridgehead atoms. The third-order valence-electron chi connectivity index (χ3n) is 4.20. The summed E-state index contributed by atoms with van der Waals surface area (Å²) < 4.78 is 1.84. The lowest BCUT2D eigenvalue weighted by Gasteiger charge is -2.07. The van der Waals surface area contributed by atoms with Gasteiger partial charge in [-0.1, -0.05) is 23.7 Å². The highest BCUT2D eigenvalue weighted by Crippen LogP contribution is 2.25. The number of anilines is 1. The zero-order chi connectivity index (χ0) is 19.5. The number of hydrogen-bond donors (Lipinski definition) is 1. The highest BCUT2D eigenvalue weighted by molar-refractivity contribution is 7.13. The maximum absolute atomic E-state index is 12.4. The number of imidazole rings is 1. The molecule has 0 aliphatic carbocycles. The first-order valence-electron chi connectivity index (χ1n) is 8.52. The molecule has 0 saturated carbocycles. The van der Waals surface area contributed by atoms with Gasteiger partial charge in [0.2, 0.25) is 11.9 Å². The molecule has 0 aliphatic heterocycles. The van der Waals surface area contributed by atoms with Crippen molar-refractivity contribution in [2.24, 2.45) is 7.05 Å². The first-order chi connectivity index (χ1) is 13.6. The fourth-order valence-corrected chi connectivity index (χ4v) is 3.72. The predicted molar refractivity (Wildman–Crippen MR) is 111 cm³/mol. The van der Waals surface area contributed by atoms with Gasteiger partial charge in [0.25, 0.3) is 0 Å². The molecule has 1 aromatic carbocycles. The number of pyridine rings is 1. The molecule has 0 unspecified atom stereocenters. The van der Waals surface area contributed by atoms with E-state index in [1.807, 2.05) is 53.4 Å². The fraction of sp³-hybridized carbons (Fsp3) is 0.100. The van der Waals surface area contributed by atoms with Crippen LogP contribution in [0.3, 0.4) is 0 Å². The monoisotopic (exact) mass is 409 g/mol. The number of benzene rings is 1. The molecule has 0 atom stereocenters. The van der Waals surface area contributed by atoms with Crippen LogP contribution in [0.25, 0.3) is 21.8 Å². The molecule has 3 aromatic heterocycles. The van der Waals surface area contributed by atoms with E-state index in [2.05, 4.69) is 20.3 Å². The van der Waals surface area contributed by atoms with E-state index in [0.717, 1.165) is 27.5 Å². The van der Waals surface area contributed by atoms with E-state index in [9.17, 15) is 4.79 Å². The summed E-state index contributed by atoms with van der Waals surface area (Å²) >= 11 is 7.45. The highest BCUT2D eigenvalue weighted by atomic mass is 35.5. The van der Waals surface area contributed by atoms with Gasteiger partial charge in [0.05, 0.1) is 24.0 Å². The van der Waals surface area contributed by atoms with Gasteiger partial charge in [0.15, 0.2) is 0 Å². The third-order valence-corrected chi connectivity index (χ3v) is 5.39. The van der Waals surface area contributed by atoms with Crippen molar-refractivity contribution in [3.63, 3.8) is 0 Å². The molecule has 0 aliphatic rings. The Morgan fingerprint density at radius 2 is 1.89 bits per heavy atom. The van der Waals surface area contributed by atoms with Gasteiger partial charge < -0.3 is 4.57 Å². The number of aromatic nitrogens is 4. The summed E-state index contributed by atoms with van der Waals surface area (Å²) in [5.74, 6) is 0.322. The largest absolute Gasteiger partial charge is 0.313 e. The van der Waals surface area contributed by atoms with Crippen LogP contribution in [-0.2, 0) is 18.3 Å².